The number of hydrogen-bond donors (Lipinski definition) is 0. The van der Waals surface area contributed by atoms with Gasteiger partial charge in [0, 0.05) is 23.9 Å². The van der Waals surface area contributed by atoms with Gasteiger partial charge in [-0.25, -0.2) is 0 Å². The van der Waals surface area contributed by atoms with Crippen LogP contribution in [0.15, 0.2) is 35.4 Å². The van der Waals surface area contributed by atoms with Crippen molar-refractivity contribution >= 4 is 11.8 Å². The highest BCUT2D eigenvalue weighted by Gasteiger charge is 2.37. The summed E-state index contributed by atoms with van der Waals surface area (Å²) in [7, 11) is 1.31. The molecule has 2 nitrogen and oxygen atoms in total. The van der Waals surface area contributed by atoms with Crippen molar-refractivity contribution in [3.05, 3.63) is 47.3 Å². The van der Waals surface area contributed by atoms with Crippen LogP contribution in [0.25, 0.3) is 0 Å². The van der Waals surface area contributed by atoms with Crippen LogP contribution < -0.4 is 0 Å². The molecule has 2 aromatic rings. The quantitative estimate of drug-likeness (QED) is 0.800. The van der Waals surface area contributed by atoms with Gasteiger partial charge in [-0.15, -0.1) is 11.8 Å². The molecule has 0 aliphatic carbocycles. The van der Waals surface area contributed by atoms with Crippen molar-refractivity contribution in [2.45, 2.75) is 17.5 Å². The summed E-state index contributed by atoms with van der Waals surface area (Å²) in [6.45, 7) is 0. The Bertz CT molecular complexity index is 558. The summed E-state index contributed by atoms with van der Waals surface area (Å²) in [6, 6.07) is 7.51. The van der Waals surface area contributed by atoms with Gasteiger partial charge in [-0.1, -0.05) is 12.1 Å². The third kappa shape index (κ3) is 3.12. The molecule has 0 aliphatic rings. The van der Waals surface area contributed by atoms with Crippen LogP contribution in [-0.4, -0.2) is 16.0 Å². The van der Waals surface area contributed by atoms with Gasteiger partial charge in [0.25, 0.3) is 0 Å². The van der Waals surface area contributed by atoms with Crippen LogP contribution in [0, 0.1) is 0 Å². The van der Waals surface area contributed by atoms with Crippen molar-refractivity contribution < 1.29 is 13.2 Å². The molecule has 0 radical (unpaired) electrons. The zero-order chi connectivity index (χ0) is 14.0. The summed E-state index contributed by atoms with van der Waals surface area (Å²) < 4.78 is 39.6. The van der Waals surface area contributed by atoms with Gasteiger partial charge in [-0.2, -0.15) is 18.3 Å². The van der Waals surface area contributed by atoms with Gasteiger partial charge < -0.3 is 0 Å². The Labute approximate surface area is 113 Å². The van der Waals surface area contributed by atoms with E-state index < -0.39 is 11.9 Å². The van der Waals surface area contributed by atoms with E-state index in [0.29, 0.717) is 0 Å². The number of thioether (sulfide) groups is 1. The molecule has 0 saturated heterocycles. The van der Waals surface area contributed by atoms with Gasteiger partial charge in [0.15, 0.2) is 0 Å². The molecule has 6 heteroatoms. The lowest BCUT2D eigenvalue weighted by atomic mass is 10.1. The van der Waals surface area contributed by atoms with E-state index in [4.69, 9.17) is 0 Å². The maximum absolute atomic E-state index is 12.9. The Balaban J connectivity index is 2.28. The fourth-order valence-corrected chi connectivity index (χ4v) is 2.35. The molecule has 1 aromatic carbocycles. The number of rotatable bonds is 3. The maximum Gasteiger partial charge on any atom is 0.433 e. The third-order valence-electron chi connectivity index (χ3n) is 2.84. The Morgan fingerprint density at radius 2 is 1.84 bits per heavy atom. The Kier molecular flexibility index (Phi) is 3.89. The first-order valence-corrected chi connectivity index (χ1v) is 6.85. The van der Waals surface area contributed by atoms with Gasteiger partial charge in [0.2, 0.25) is 0 Å². The van der Waals surface area contributed by atoms with E-state index in [9.17, 15) is 13.2 Å². The second kappa shape index (κ2) is 5.28. The van der Waals surface area contributed by atoms with E-state index in [1.54, 1.807) is 11.8 Å². The van der Waals surface area contributed by atoms with Crippen molar-refractivity contribution in [1.82, 2.24) is 9.78 Å². The number of hydrogen-bond acceptors (Lipinski definition) is 2. The van der Waals surface area contributed by atoms with Gasteiger partial charge in [-0.05, 0) is 24.0 Å². The minimum atomic E-state index is -4.38. The molecule has 1 heterocycles. The number of aromatic nitrogens is 2. The number of nitrogens with zero attached hydrogens (tertiary/aromatic N) is 2. The van der Waals surface area contributed by atoms with Crippen LogP contribution in [0.5, 0.6) is 0 Å². The standard InChI is InChI=1S/C13H13F3N2S/c1-18-12(13(14,15)16)10(8-17-18)7-9-3-5-11(19-2)6-4-9/h3-6,8H,7H2,1-2H3. The van der Waals surface area contributed by atoms with E-state index in [1.165, 1.54) is 13.2 Å². The largest absolute Gasteiger partial charge is 0.433 e. The van der Waals surface area contributed by atoms with Gasteiger partial charge in [0.05, 0.1) is 6.20 Å². The lowest BCUT2D eigenvalue weighted by Gasteiger charge is -2.10. The molecule has 2 rings (SSSR count). The summed E-state index contributed by atoms with van der Waals surface area (Å²) in [4.78, 5) is 1.09. The molecular formula is C13H13F3N2S. The van der Waals surface area contributed by atoms with Crippen LogP contribution in [0.3, 0.4) is 0 Å². The highest BCUT2D eigenvalue weighted by Crippen LogP contribution is 2.32. The van der Waals surface area contributed by atoms with Gasteiger partial charge in [0.1, 0.15) is 5.69 Å². The normalized spacial score (nSPS) is 11.8. The van der Waals surface area contributed by atoms with Gasteiger partial charge >= 0.3 is 6.18 Å². The second-order valence-corrected chi connectivity index (χ2v) is 5.04. The molecule has 0 fully saturated rings. The third-order valence-corrected chi connectivity index (χ3v) is 3.58. The van der Waals surface area contributed by atoms with Crippen LogP contribution in [-0.2, 0) is 19.6 Å². The molecular weight excluding hydrogens is 273 g/mol. The van der Waals surface area contributed by atoms with Crippen molar-refractivity contribution in [2.24, 2.45) is 7.05 Å². The molecule has 1 aromatic heterocycles. The topological polar surface area (TPSA) is 17.8 Å². The predicted molar refractivity (Wildman–Crippen MR) is 69.2 cm³/mol. The molecule has 0 N–H and O–H groups in total. The minimum Gasteiger partial charge on any atom is -0.263 e. The van der Waals surface area contributed by atoms with Crippen LogP contribution in [0.4, 0.5) is 13.2 Å². The summed E-state index contributed by atoms with van der Waals surface area (Å²) in [6.07, 6.45) is -0.902. The number of aryl methyl sites for hydroxylation is 1. The average molecular weight is 286 g/mol. The summed E-state index contributed by atoms with van der Waals surface area (Å²) in [5.41, 5.74) is 0.365. The van der Waals surface area contributed by atoms with Crippen molar-refractivity contribution in [2.75, 3.05) is 6.26 Å². The number of alkyl halides is 3. The molecule has 0 spiro atoms. The highest BCUT2D eigenvalue weighted by molar-refractivity contribution is 7.98. The van der Waals surface area contributed by atoms with Crippen molar-refractivity contribution in [1.29, 1.82) is 0 Å². The average Bonchev–Trinajstić information content (AvgIpc) is 2.71. The van der Waals surface area contributed by atoms with Crippen LogP contribution in [0.2, 0.25) is 0 Å². The fraction of sp³-hybridized carbons (Fsp3) is 0.308. The van der Waals surface area contributed by atoms with Crippen LogP contribution in [0.1, 0.15) is 16.8 Å². The second-order valence-electron chi connectivity index (χ2n) is 4.16. The van der Waals surface area contributed by atoms with E-state index in [1.807, 2.05) is 30.5 Å². The van der Waals surface area contributed by atoms with Gasteiger partial charge in [-0.3, -0.25) is 4.68 Å². The van der Waals surface area contributed by atoms with E-state index >= 15 is 0 Å². The summed E-state index contributed by atoms with van der Waals surface area (Å²) >= 11 is 1.60. The monoisotopic (exact) mass is 286 g/mol. The molecule has 0 bridgehead atoms. The molecule has 19 heavy (non-hydrogen) atoms. The summed E-state index contributed by atoms with van der Waals surface area (Å²) in [5.74, 6) is 0. The zero-order valence-corrected chi connectivity index (χ0v) is 11.3. The van der Waals surface area contributed by atoms with Crippen molar-refractivity contribution in [3.8, 4) is 0 Å². The maximum atomic E-state index is 12.9. The SMILES string of the molecule is CSc1ccc(Cc2cnn(C)c2C(F)(F)F)cc1. The molecule has 0 saturated carbocycles. The number of halogens is 3. The van der Waals surface area contributed by atoms with Crippen LogP contribution >= 0.6 is 11.8 Å². The molecule has 0 atom stereocenters. The van der Waals surface area contributed by atoms with Crippen molar-refractivity contribution in [3.63, 3.8) is 0 Å². The van der Waals surface area contributed by atoms with E-state index in [-0.39, 0.29) is 12.0 Å². The van der Waals surface area contributed by atoms with E-state index in [0.717, 1.165) is 15.1 Å². The molecule has 102 valence electrons. The summed E-state index contributed by atoms with van der Waals surface area (Å²) in [5, 5.41) is 3.71. The predicted octanol–water partition coefficient (Wildman–Crippen LogP) is 3.75. The number of benzene rings is 1. The molecule has 0 aliphatic heterocycles. The first-order valence-electron chi connectivity index (χ1n) is 5.63. The van der Waals surface area contributed by atoms with E-state index in [2.05, 4.69) is 5.10 Å². The Hall–Kier alpha value is -1.43. The Morgan fingerprint density at radius 1 is 1.21 bits per heavy atom. The molecule has 0 unspecified atom stereocenters. The highest BCUT2D eigenvalue weighted by atomic mass is 32.2. The molecule has 0 amide bonds. The first kappa shape index (κ1) is 14.0. The zero-order valence-electron chi connectivity index (χ0n) is 10.5. The first-order chi connectivity index (χ1) is 8.91. The minimum absolute atomic E-state index is 0.201. The Morgan fingerprint density at radius 3 is 2.37 bits per heavy atom. The fourth-order valence-electron chi connectivity index (χ4n) is 1.94. The smallest absolute Gasteiger partial charge is 0.263 e. The lowest BCUT2D eigenvalue weighted by molar-refractivity contribution is -0.144. The lowest BCUT2D eigenvalue weighted by Crippen LogP contribution is -2.14.